The maximum atomic E-state index is 10.9. The number of primary amides is 1. The van der Waals surface area contributed by atoms with E-state index >= 15 is 0 Å². The lowest BCUT2D eigenvalue weighted by Gasteiger charge is -2.01. The first-order valence-electron chi connectivity index (χ1n) is 3.85. The molecule has 2 nitrogen and oxygen atoms in total. The minimum Gasteiger partial charge on any atom is -0.365 e. The quantitative estimate of drug-likeness (QED) is 0.804. The van der Waals surface area contributed by atoms with E-state index in [4.69, 9.17) is 28.9 Å². The van der Waals surface area contributed by atoms with Crippen molar-refractivity contribution < 1.29 is 4.79 Å². The third kappa shape index (κ3) is 3.22. The zero-order chi connectivity index (χ0) is 9.84. The molecule has 1 unspecified atom stereocenters. The summed E-state index contributed by atoms with van der Waals surface area (Å²) in [6, 6.07) is 1.93. The normalized spacial score (nSPS) is 11.3. The third-order valence-corrected chi connectivity index (χ3v) is 3.34. The highest BCUT2D eigenvalue weighted by Crippen LogP contribution is 2.23. The van der Waals surface area contributed by atoms with Crippen molar-refractivity contribution in [2.24, 2.45) is 5.73 Å². The van der Waals surface area contributed by atoms with E-state index in [0.29, 0.717) is 19.9 Å². The molecule has 0 aliphatic rings. The number of hydrogen-bond donors (Lipinski definition) is 1. The maximum absolute atomic E-state index is 10.9. The van der Waals surface area contributed by atoms with Gasteiger partial charge in [0.25, 0.3) is 5.91 Å². The Bertz CT molecular complexity index is 298. The van der Waals surface area contributed by atoms with Crippen LogP contribution >= 0.6 is 31.4 Å². The Hall–Kier alpha value is -0.170. The lowest BCUT2D eigenvalue weighted by Crippen LogP contribution is -2.11. The first-order valence-corrected chi connectivity index (χ1v) is 5.80. The van der Waals surface area contributed by atoms with Crippen molar-refractivity contribution in [3.63, 3.8) is 0 Å². The third-order valence-electron chi connectivity index (χ3n) is 1.71. The summed E-state index contributed by atoms with van der Waals surface area (Å²) >= 11 is 11.2. The van der Waals surface area contributed by atoms with Gasteiger partial charge in [-0.25, -0.2) is 0 Å². The molecule has 1 rings (SSSR count). The molecule has 5 heteroatoms. The van der Waals surface area contributed by atoms with Crippen LogP contribution in [0.5, 0.6) is 0 Å². The smallest absolute Gasteiger partial charge is 0.252 e. The molecule has 1 aromatic rings. The number of hydrogen-bond acceptors (Lipinski definition) is 1. The Morgan fingerprint density at radius 1 is 1.62 bits per heavy atom. The van der Waals surface area contributed by atoms with Gasteiger partial charge in [-0.15, -0.1) is 31.4 Å². The number of alkyl halides is 2. The number of carbonyl (C=O) groups excluding carboxylic acids is 1. The SMILES string of the molecule is NC(=O)c1[pH]ccc1CCC(Cl)Cl. The Kier molecular flexibility index (Phi) is 4.11. The number of amides is 1. The molecule has 1 aromatic heterocycles. The van der Waals surface area contributed by atoms with Crippen LogP contribution < -0.4 is 5.73 Å². The number of nitrogens with two attached hydrogens (primary N) is 1. The molecule has 2 N–H and O–H groups in total. The van der Waals surface area contributed by atoms with E-state index in [2.05, 4.69) is 0 Å². The number of aryl methyl sites for hydroxylation is 1. The zero-order valence-electron chi connectivity index (χ0n) is 6.89. The van der Waals surface area contributed by atoms with Gasteiger partial charge in [-0.05, 0) is 24.2 Å². The van der Waals surface area contributed by atoms with Gasteiger partial charge in [-0.3, -0.25) is 4.79 Å². The predicted octanol–water partition coefficient (Wildman–Crippen LogP) is 2.55. The Morgan fingerprint density at radius 3 is 2.85 bits per heavy atom. The molecule has 0 fully saturated rings. The van der Waals surface area contributed by atoms with Gasteiger partial charge in [0.15, 0.2) is 0 Å². The summed E-state index contributed by atoms with van der Waals surface area (Å²) in [5.74, 6) is 1.62. The van der Waals surface area contributed by atoms with E-state index in [9.17, 15) is 4.79 Å². The van der Waals surface area contributed by atoms with Gasteiger partial charge in [-0.1, -0.05) is 6.07 Å². The van der Waals surface area contributed by atoms with Crippen LogP contribution in [0.15, 0.2) is 11.9 Å². The van der Waals surface area contributed by atoms with E-state index in [1.54, 1.807) is 0 Å². The van der Waals surface area contributed by atoms with Crippen LogP contribution in [0.1, 0.15) is 22.1 Å². The maximum Gasteiger partial charge on any atom is 0.252 e. The lowest BCUT2D eigenvalue weighted by molar-refractivity contribution is 0.100. The topological polar surface area (TPSA) is 43.1 Å². The average Bonchev–Trinajstić information content (AvgIpc) is 2.47. The van der Waals surface area contributed by atoms with Gasteiger partial charge in [0, 0.05) is 0 Å². The van der Waals surface area contributed by atoms with Gasteiger partial charge in [0.2, 0.25) is 0 Å². The first-order chi connectivity index (χ1) is 6.11. The summed E-state index contributed by atoms with van der Waals surface area (Å²) in [4.78, 5) is 10.5. The van der Waals surface area contributed by atoms with Crippen molar-refractivity contribution in [1.82, 2.24) is 0 Å². The van der Waals surface area contributed by atoms with Crippen molar-refractivity contribution in [3.8, 4) is 0 Å². The highest BCUT2D eigenvalue weighted by atomic mass is 35.5. The summed E-state index contributed by atoms with van der Waals surface area (Å²) in [6.45, 7) is 0. The molecular weight excluding hydrogens is 228 g/mol. The molecular formula is C8H10Cl2NOP. The van der Waals surface area contributed by atoms with Crippen LogP contribution in [0.4, 0.5) is 0 Å². The fourth-order valence-corrected chi connectivity index (χ4v) is 2.31. The molecule has 72 valence electrons. The standard InChI is InChI=1S/C8H10Cl2NOP/c9-6(10)2-1-5-3-4-13-7(5)8(11)12/h3-4,6,13H,1-2H2,(H2,11,12). The minimum atomic E-state index is -0.376. The van der Waals surface area contributed by atoms with E-state index < -0.39 is 0 Å². The summed E-state index contributed by atoms with van der Waals surface area (Å²) in [5.41, 5.74) is 6.18. The van der Waals surface area contributed by atoms with Crippen LogP contribution in [0.2, 0.25) is 0 Å². The number of rotatable bonds is 4. The van der Waals surface area contributed by atoms with E-state index in [1.165, 1.54) is 0 Å². The van der Waals surface area contributed by atoms with Gasteiger partial charge in [0.05, 0.1) is 5.30 Å². The van der Waals surface area contributed by atoms with E-state index in [0.717, 1.165) is 12.0 Å². The molecule has 0 aliphatic carbocycles. The molecule has 13 heavy (non-hydrogen) atoms. The molecule has 1 heterocycles. The lowest BCUT2D eigenvalue weighted by atomic mass is 10.1. The molecule has 0 aliphatic heterocycles. The van der Waals surface area contributed by atoms with Crippen molar-refractivity contribution in [1.29, 1.82) is 0 Å². The zero-order valence-corrected chi connectivity index (χ0v) is 9.40. The summed E-state index contributed by atoms with van der Waals surface area (Å²) in [6.07, 6.45) is 1.38. The summed E-state index contributed by atoms with van der Waals surface area (Å²) in [7, 11) is 0.402. The second-order valence-corrected chi connectivity index (χ2v) is 5.07. The fraction of sp³-hybridized carbons (Fsp3) is 0.375. The highest BCUT2D eigenvalue weighted by Gasteiger charge is 2.09. The van der Waals surface area contributed by atoms with Crippen LogP contribution in [0, 0.1) is 0 Å². The van der Waals surface area contributed by atoms with Crippen molar-refractivity contribution in [3.05, 3.63) is 22.7 Å². The first kappa shape index (κ1) is 10.9. The van der Waals surface area contributed by atoms with Crippen molar-refractivity contribution in [2.75, 3.05) is 0 Å². The molecule has 0 bridgehead atoms. The predicted molar refractivity (Wildman–Crippen MR) is 58.3 cm³/mol. The second-order valence-electron chi connectivity index (χ2n) is 2.67. The highest BCUT2D eigenvalue weighted by molar-refractivity contribution is 7.32. The number of halogens is 2. The van der Waals surface area contributed by atoms with Crippen LogP contribution in [0.3, 0.4) is 0 Å². The monoisotopic (exact) mass is 237 g/mol. The van der Waals surface area contributed by atoms with Crippen LogP contribution in [-0.4, -0.2) is 10.7 Å². The molecule has 0 spiro atoms. The van der Waals surface area contributed by atoms with Crippen molar-refractivity contribution in [2.45, 2.75) is 17.7 Å². The number of carbonyl (C=O) groups is 1. The summed E-state index contributed by atoms with van der Waals surface area (Å²) < 4.78 is 0. The van der Waals surface area contributed by atoms with Crippen LogP contribution in [0.25, 0.3) is 0 Å². The summed E-state index contributed by atoms with van der Waals surface area (Å²) in [5, 5.41) is 0.717. The van der Waals surface area contributed by atoms with E-state index in [1.807, 2.05) is 11.9 Å². The molecule has 0 aromatic carbocycles. The molecule has 0 saturated carbocycles. The van der Waals surface area contributed by atoms with Gasteiger partial charge in [0.1, 0.15) is 4.84 Å². The van der Waals surface area contributed by atoms with Gasteiger partial charge < -0.3 is 5.73 Å². The Morgan fingerprint density at radius 2 is 2.31 bits per heavy atom. The molecule has 1 amide bonds. The Balaban J connectivity index is 2.65. The van der Waals surface area contributed by atoms with Crippen LogP contribution in [-0.2, 0) is 6.42 Å². The fourth-order valence-electron chi connectivity index (χ4n) is 1.10. The van der Waals surface area contributed by atoms with E-state index in [-0.39, 0.29) is 10.7 Å². The molecule has 0 radical (unpaired) electrons. The second kappa shape index (κ2) is 4.90. The molecule has 0 saturated heterocycles. The molecule has 1 atom stereocenters. The largest absolute Gasteiger partial charge is 0.365 e. The average molecular weight is 238 g/mol. The van der Waals surface area contributed by atoms with Crippen molar-refractivity contribution >= 4 is 37.3 Å². The minimum absolute atomic E-state index is 0.334. The van der Waals surface area contributed by atoms with Gasteiger partial charge in [-0.2, -0.15) is 0 Å². The Labute approximate surface area is 88.5 Å². The van der Waals surface area contributed by atoms with Gasteiger partial charge >= 0.3 is 0 Å².